The highest BCUT2D eigenvalue weighted by molar-refractivity contribution is 7.18. The van der Waals surface area contributed by atoms with Crippen molar-refractivity contribution in [3.63, 3.8) is 0 Å². The number of nitrogens with zero attached hydrogens (tertiary/aromatic N) is 1. The summed E-state index contributed by atoms with van der Waals surface area (Å²) in [6, 6.07) is 14.1. The highest BCUT2D eigenvalue weighted by atomic mass is 32.1. The predicted molar refractivity (Wildman–Crippen MR) is 140 cm³/mol. The SMILES string of the molecule is COc1ccc(C(=O)C[C@@H](CO)C(=O)c2ccc(OC)c(-c3csc4c(C)cccc34)n2)cc1OC. The van der Waals surface area contributed by atoms with Crippen molar-refractivity contribution in [3.05, 3.63) is 70.7 Å². The van der Waals surface area contributed by atoms with Crippen molar-refractivity contribution in [1.82, 2.24) is 4.98 Å². The summed E-state index contributed by atoms with van der Waals surface area (Å²) in [4.78, 5) is 30.9. The molecule has 186 valence electrons. The summed E-state index contributed by atoms with van der Waals surface area (Å²) in [5.74, 6) is -0.206. The third-order valence-corrected chi connectivity index (χ3v) is 7.24. The number of carbonyl (C=O) groups is 2. The number of pyridine rings is 1. The van der Waals surface area contributed by atoms with Crippen molar-refractivity contribution in [2.24, 2.45) is 5.92 Å². The lowest BCUT2D eigenvalue weighted by atomic mass is 9.93. The van der Waals surface area contributed by atoms with Crippen LogP contribution in [0.3, 0.4) is 0 Å². The van der Waals surface area contributed by atoms with Crippen molar-refractivity contribution in [1.29, 1.82) is 0 Å². The molecular formula is C28H27NO6S. The lowest BCUT2D eigenvalue weighted by Crippen LogP contribution is -2.23. The lowest BCUT2D eigenvalue weighted by molar-refractivity contribution is 0.0787. The Kier molecular flexibility index (Phi) is 7.67. The van der Waals surface area contributed by atoms with Crippen molar-refractivity contribution < 1.29 is 28.9 Å². The van der Waals surface area contributed by atoms with Gasteiger partial charge in [0.1, 0.15) is 17.1 Å². The fourth-order valence-corrected chi connectivity index (χ4v) is 5.16. The molecule has 0 fully saturated rings. The number of methoxy groups -OCH3 is 3. The summed E-state index contributed by atoms with van der Waals surface area (Å²) in [6.07, 6.45) is -0.172. The Morgan fingerprint density at radius 2 is 1.69 bits per heavy atom. The second-order valence-electron chi connectivity index (χ2n) is 8.29. The highest BCUT2D eigenvalue weighted by Gasteiger charge is 2.26. The van der Waals surface area contributed by atoms with E-state index in [0.29, 0.717) is 28.5 Å². The molecule has 7 nitrogen and oxygen atoms in total. The number of hydrogen-bond donors (Lipinski definition) is 1. The molecule has 0 aliphatic carbocycles. The van der Waals surface area contributed by atoms with E-state index in [-0.39, 0.29) is 17.9 Å². The van der Waals surface area contributed by atoms with E-state index in [1.165, 1.54) is 14.2 Å². The molecule has 2 heterocycles. The first-order chi connectivity index (χ1) is 17.4. The van der Waals surface area contributed by atoms with Crippen molar-refractivity contribution >= 4 is 33.0 Å². The Balaban J connectivity index is 1.64. The molecule has 0 saturated heterocycles. The molecule has 0 aliphatic rings. The van der Waals surface area contributed by atoms with Gasteiger partial charge in [0, 0.05) is 33.0 Å². The molecule has 0 bridgehead atoms. The number of aryl methyl sites for hydroxylation is 1. The number of fused-ring (bicyclic) bond motifs is 1. The van der Waals surface area contributed by atoms with Crippen LogP contribution >= 0.6 is 11.3 Å². The van der Waals surface area contributed by atoms with Crippen LogP contribution in [0, 0.1) is 12.8 Å². The van der Waals surface area contributed by atoms with Crippen LogP contribution in [0.25, 0.3) is 21.3 Å². The van der Waals surface area contributed by atoms with Crippen LogP contribution in [0.5, 0.6) is 17.2 Å². The molecule has 2 aromatic carbocycles. The van der Waals surface area contributed by atoms with Crippen LogP contribution in [0.4, 0.5) is 0 Å². The molecule has 0 aliphatic heterocycles. The maximum absolute atomic E-state index is 13.3. The van der Waals surface area contributed by atoms with Gasteiger partial charge < -0.3 is 19.3 Å². The average Bonchev–Trinajstić information content (AvgIpc) is 3.35. The van der Waals surface area contributed by atoms with E-state index < -0.39 is 18.3 Å². The Labute approximate surface area is 213 Å². The van der Waals surface area contributed by atoms with Crippen LogP contribution in [0.2, 0.25) is 0 Å². The largest absolute Gasteiger partial charge is 0.494 e. The van der Waals surface area contributed by atoms with E-state index in [2.05, 4.69) is 18.0 Å². The van der Waals surface area contributed by atoms with Crippen LogP contribution < -0.4 is 14.2 Å². The summed E-state index contributed by atoms with van der Waals surface area (Å²) in [7, 11) is 4.55. The Hall–Kier alpha value is -3.75. The Bertz CT molecular complexity index is 1430. The number of hydrogen-bond acceptors (Lipinski definition) is 8. The van der Waals surface area contributed by atoms with E-state index in [9.17, 15) is 14.7 Å². The normalized spacial score (nSPS) is 11.8. The molecule has 0 amide bonds. The molecule has 36 heavy (non-hydrogen) atoms. The van der Waals surface area contributed by atoms with Gasteiger partial charge in [0.05, 0.1) is 33.9 Å². The minimum Gasteiger partial charge on any atom is -0.494 e. The average molecular weight is 506 g/mol. The zero-order valence-electron chi connectivity index (χ0n) is 20.5. The fraction of sp³-hybridized carbons (Fsp3) is 0.250. The molecule has 0 unspecified atom stereocenters. The van der Waals surface area contributed by atoms with Gasteiger partial charge in [-0.15, -0.1) is 11.3 Å². The Morgan fingerprint density at radius 1 is 0.972 bits per heavy atom. The van der Waals surface area contributed by atoms with Gasteiger partial charge in [-0.3, -0.25) is 9.59 Å². The third-order valence-electron chi connectivity index (χ3n) is 6.11. The van der Waals surface area contributed by atoms with Gasteiger partial charge in [-0.05, 0) is 42.8 Å². The molecule has 1 N–H and O–H groups in total. The zero-order valence-corrected chi connectivity index (χ0v) is 21.3. The molecule has 1 atom stereocenters. The smallest absolute Gasteiger partial charge is 0.187 e. The second-order valence-corrected chi connectivity index (χ2v) is 9.17. The molecule has 0 saturated carbocycles. The van der Waals surface area contributed by atoms with Gasteiger partial charge in [0.2, 0.25) is 0 Å². The first kappa shape index (κ1) is 25.3. The van der Waals surface area contributed by atoms with Crippen LogP contribution in [0.1, 0.15) is 32.8 Å². The highest BCUT2D eigenvalue weighted by Crippen LogP contribution is 2.39. The van der Waals surface area contributed by atoms with Crippen LogP contribution in [-0.2, 0) is 0 Å². The topological polar surface area (TPSA) is 95.0 Å². The van der Waals surface area contributed by atoms with E-state index in [1.807, 2.05) is 17.5 Å². The molecule has 4 aromatic rings. The lowest BCUT2D eigenvalue weighted by Gasteiger charge is -2.15. The number of rotatable bonds is 10. The summed E-state index contributed by atoms with van der Waals surface area (Å²) in [5.41, 5.74) is 3.10. The number of carbonyl (C=O) groups excluding carboxylic acids is 2. The van der Waals surface area contributed by atoms with E-state index in [4.69, 9.17) is 14.2 Å². The van der Waals surface area contributed by atoms with Crippen LogP contribution in [0.15, 0.2) is 53.9 Å². The summed E-state index contributed by atoms with van der Waals surface area (Å²) < 4.78 is 17.2. The number of aliphatic hydroxyl groups excluding tert-OH is 1. The monoisotopic (exact) mass is 505 g/mol. The number of aromatic nitrogens is 1. The molecule has 2 aromatic heterocycles. The predicted octanol–water partition coefficient (Wildman–Crippen LogP) is 5.36. The zero-order chi connectivity index (χ0) is 25.8. The van der Waals surface area contributed by atoms with Crippen molar-refractivity contribution in [2.45, 2.75) is 13.3 Å². The number of ether oxygens (including phenoxy) is 3. The molecule has 0 spiro atoms. The number of ketones is 2. The van der Waals surface area contributed by atoms with E-state index >= 15 is 0 Å². The Morgan fingerprint density at radius 3 is 2.39 bits per heavy atom. The molecule has 8 heteroatoms. The van der Waals surface area contributed by atoms with Gasteiger partial charge in [-0.2, -0.15) is 0 Å². The van der Waals surface area contributed by atoms with Crippen LogP contribution in [-0.4, -0.2) is 49.6 Å². The van der Waals surface area contributed by atoms with Crippen molar-refractivity contribution in [3.8, 4) is 28.5 Å². The van der Waals surface area contributed by atoms with E-state index in [0.717, 1.165) is 21.2 Å². The van der Waals surface area contributed by atoms with E-state index in [1.54, 1.807) is 48.8 Å². The minimum atomic E-state index is -0.944. The number of Topliss-reactive ketones (excluding diaryl/α,β-unsaturated/α-hetero) is 2. The van der Waals surface area contributed by atoms with Crippen molar-refractivity contribution in [2.75, 3.05) is 27.9 Å². The molecule has 4 rings (SSSR count). The quantitative estimate of drug-likeness (QED) is 0.290. The standard InChI is InChI=1S/C28H27NO6S/c1-16-6-5-7-19-20(15-36-28(16)19)26-24(34-3)11-9-21(29-26)27(32)18(14-30)12-22(31)17-8-10-23(33-2)25(13-17)35-4/h5-11,13,15,18,30H,12,14H2,1-4H3/t18-/m0/s1. The first-order valence-electron chi connectivity index (χ1n) is 11.3. The minimum absolute atomic E-state index is 0.164. The van der Waals surface area contributed by atoms with Gasteiger partial charge in [0.15, 0.2) is 23.1 Å². The summed E-state index contributed by atoms with van der Waals surface area (Å²) in [5, 5.41) is 13.0. The second kappa shape index (κ2) is 10.9. The van der Waals surface area contributed by atoms with Gasteiger partial charge in [0.25, 0.3) is 0 Å². The maximum atomic E-state index is 13.3. The molecule has 0 radical (unpaired) electrons. The number of benzene rings is 2. The maximum Gasteiger partial charge on any atom is 0.187 e. The fourth-order valence-electron chi connectivity index (χ4n) is 4.13. The third kappa shape index (κ3) is 4.82. The van der Waals surface area contributed by atoms with Gasteiger partial charge >= 0.3 is 0 Å². The van der Waals surface area contributed by atoms with Gasteiger partial charge in [-0.1, -0.05) is 18.2 Å². The summed E-state index contributed by atoms with van der Waals surface area (Å²) >= 11 is 1.61. The first-order valence-corrected chi connectivity index (χ1v) is 12.2. The molecular weight excluding hydrogens is 478 g/mol. The number of aliphatic hydroxyl groups is 1. The van der Waals surface area contributed by atoms with Gasteiger partial charge in [-0.25, -0.2) is 4.98 Å². The number of thiophene rings is 1. The summed E-state index contributed by atoms with van der Waals surface area (Å²) in [6.45, 7) is 1.57.